The molecular weight excluding hydrogens is 340 g/mol. The Morgan fingerprint density at radius 1 is 1.20 bits per heavy atom. The van der Waals surface area contributed by atoms with Crippen LogP contribution < -0.4 is 10.0 Å². The lowest BCUT2D eigenvalue weighted by molar-refractivity contribution is 0.0264. The molecule has 2 fully saturated rings. The average molecular weight is 375 g/mol. The van der Waals surface area contributed by atoms with E-state index < -0.39 is 10.0 Å². The molecule has 7 nitrogen and oxygen atoms in total. The maximum Gasteiger partial charge on any atom is 0.213 e. The van der Waals surface area contributed by atoms with Crippen LogP contribution in [0.5, 0.6) is 0 Å². The molecule has 1 saturated heterocycles. The second-order valence-electron chi connectivity index (χ2n) is 6.84. The van der Waals surface area contributed by atoms with Crippen LogP contribution in [0.3, 0.4) is 0 Å². The van der Waals surface area contributed by atoms with E-state index in [0.717, 1.165) is 57.9 Å². The van der Waals surface area contributed by atoms with Gasteiger partial charge in [-0.1, -0.05) is 6.42 Å². The third-order valence-electron chi connectivity index (χ3n) is 4.92. The number of hydrogen-bond donors (Lipinski definition) is 2. The van der Waals surface area contributed by atoms with Crippen molar-refractivity contribution in [2.24, 2.45) is 10.9 Å². The van der Waals surface area contributed by atoms with Crippen molar-refractivity contribution in [1.29, 1.82) is 0 Å². The third kappa shape index (κ3) is 7.11. The van der Waals surface area contributed by atoms with Crippen molar-refractivity contribution < 1.29 is 13.2 Å². The van der Waals surface area contributed by atoms with Crippen LogP contribution in [0, 0.1) is 5.92 Å². The highest BCUT2D eigenvalue weighted by Gasteiger charge is 2.22. The molecule has 0 radical (unpaired) electrons. The molecule has 1 aliphatic heterocycles. The van der Waals surface area contributed by atoms with Gasteiger partial charge in [0.15, 0.2) is 5.96 Å². The second-order valence-corrected chi connectivity index (χ2v) is 8.77. The molecule has 0 bridgehead atoms. The summed E-state index contributed by atoms with van der Waals surface area (Å²) >= 11 is 0. The summed E-state index contributed by atoms with van der Waals surface area (Å²) in [5.74, 6) is 1.39. The van der Waals surface area contributed by atoms with Crippen molar-refractivity contribution in [3.8, 4) is 0 Å². The van der Waals surface area contributed by atoms with E-state index in [4.69, 9.17) is 4.74 Å². The van der Waals surface area contributed by atoms with Crippen molar-refractivity contribution in [3.05, 3.63) is 0 Å². The van der Waals surface area contributed by atoms with Gasteiger partial charge >= 0.3 is 0 Å². The molecular formula is C17H34N4O3S. The molecule has 1 aliphatic carbocycles. The SMILES string of the molecule is CCNC(=NCCS(=O)(=O)NCC1CCC1)N1CCC(OCC)CC1. The van der Waals surface area contributed by atoms with Crippen molar-refractivity contribution in [3.63, 3.8) is 0 Å². The largest absolute Gasteiger partial charge is 0.378 e. The molecule has 0 spiro atoms. The number of hydrogen-bond acceptors (Lipinski definition) is 4. The Hall–Kier alpha value is -0.860. The number of likely N-dealkylation sites (tertiary alicyclic amines) is 1. The number of ether oxygens (including phenoxy) is 1. The first-order valence-corrected chi connectivity index (χ1v) is 11.3. The highest BCUT2D eigenvalue weighted by atomic mass is 32.2. The van der Waals surface area contributed by atoms with Crippen LogP contribution in [0.1, 0.15) is 46.0 Å². The maximum atomic E-state index is 12.1. The van der Waals surface area contributed by atoms with Crippen molar-refractivity contribution >= 4 is 16.0 Å². The van der Waals surface area contributed by atoms with Gasteiger partial charge in [-0.25, -0.2) is 13.1 Å². The Bertz CT molecular complexity index is 512. The van der Waals surface area contributed by atoms with Crippen LogP contribution in [0.4, 0.5) is 0 Å². The highest BCUT2D eigenvalue weighted by Crippen LogP contribution is 2.25. The summed E-state index contributed by atoms with van der Waals surface area (Å²) in [5.41, 5.74) is 0. The first-order chi connectivity index (χ1) is 12.0. The quantitative estimate of drug-likeness (QED) is 0.468. The minimum atomic E-state index is -3.23. The second kappa shape index (κ2) is 10.3. The lowest BCUT2D eigenvalue weighted by Gasteiger charge is -2.34. The van der Waals surface area contributed by atoms with Gasteiger partial charge in [0.2, 0.25) is 10.0 Å². The monoisotopic (exact) mass is 374 g/mol. The number of piperidine rings is 1. The number of guanidine groups is 1. The molecule has 0 atom stereocenters. The Morgan fingerprint density at radius 3 is 2.48 bits per heavy atom. The van der Waals surface area contributed by atoms with Crippen LogP contribution in [-0.2, 0) is 14.8 Å². The molecule has 0 aromatic carbocycles. The molecule has 0 amide bonds. The van der Waals surface area contributed by atoms with Crippen molar-refractivity contribution in [1.82, 2.24) is 14.9 Å². The zero-order valence-corrected chi connectivity index (χ0v) is 16.5. The van der Waals surface area contributed by atoms with Gasteiger partial charge in [-0.2, -0.15) is 0 Å². The minimum absolute atomic E-state index is 0.0457. The Labute approximate surface area is 152 Å². The molecule has 0 aromatic heterocycles. The van der Waals surface area contributed by atoms with E-state index >= 15 is 0 Å². The lowest BCUT2D eigenvalue weighted by Crippen LogP contribution is -2.47. The highest BCUT2D eigenvalue weighted by molar-refractivity contribution is 7.89. The number of nitrogens with one attached hydrogen (secondary N) is 2. The fourth-order valence-corrected chi connectivity index (χ4v) is 4.15. The number of aliphatic imine (C=N–C) groups is 1. The van der Waals surface area contributed by atoms with E-state index in [-0.39, 0.29) is 12.3 Å². The molecule has 0 unspecified atom stereocenters. The van der Waals surface area contributed by atoms with Gasteiger partial charge in [-0.3, -0.25) is 4.99 Å². The van der Waals surface area contributed by atoms with Gasteiger partial charge in [0.25, 0.3) is 0 Å². The predicted octanol–water partition coefficient (Wildman–Crippen LogP) is 1.17. The van der Waals surface area contributed by atoms with Crippen LogP contribution in [-0.4, -0.2) is 70.5 Å². The Morgan fingerprint density at radius 2 is 1.92 bits per heavy atom. The topological polar surface area (TPSA) is 83.0 Å². The first-order valence-electron chi connectivity index (χ1n) is 9.66. The molecule has 146 valence electrons. The van der Waals surface area contributed by atoms with Gasteiger partial charge in [-0.15, -0.1) is 0 Å². The van der Waals surface area contributed by atoms with Crippen LogP contribution in [0.25, 0.3) is 0 Å². The molecule has 25 heavy (non-hydrogen) atoms. The van der Waals surface area contributed by atoms with Gasteiger partial charge < -0.3 is 15.0 Å². The zero-order chi connectivity index (χ0) is 18.1. The summed E-state index contributed by atoms with van der Waals surface area (Å²) in [6.07, 6.45) is 5.81. The van der Waals surface area contributed by atoms with E-state index in [1.807, 2.05) is 13.8 Å². The molecule has 0 aromatic rings. The molecule has 1 saturated carbocycles. The van der Waals surface area contributed by atoms with E-state index in [1.54, 1.807) is 0 Å². The fourth-order valence-electron chi connectivity index (χ4n) is 3.18. The normalized spacial score (nSPS) is 20.6. The Kier molecular flexibility index (Phi) is 8.45. The van der Waals surface area contributed by atoms with E-state index in [9.17, 15) is 8.42 Å². The molecule has 2 N–H and O–H groups in total. The fraction of sp³-hybridized carbons (Fsp3) is 0.941. The van der Waals surface area contributed by atoms with Crippen LogP contribution in [0.15, 0.2) is 4.99 Å². The van der Waals surface area contributed by atoms with E-state index in [0.29, 0.717) is 18.6 Å². The average Bonchev–Trinajstić information content (AvgIpc) is 2.53. The molecule has 2 rings (SSSR count). The lowest BCUT2D eigenvalue weighted by atomic mass is 9.86. The molecule has 1 heterocycles. The minimum Gasteiger partial charge on any atom is -0.378 e. The maximum absolute atomic E-state index is 12.1. The summed E-state index contributed by atoms with van der Waals surface area (Å²) < 4.78 is 32.6. The molecule has 2 aliphatic rings. The van der Waals surface area contributed by atoms with Gasteiger partial charge in [0.05, 0.1) is 18.4 Å². The smallest absolute Gasteiger partial charge is 0.213 e. The van der Waals surface area contributed by atoms with E-state index in [2.05, 4.69) is 19.9 Å². The summed E-state index contributed by atoms with van der Waals surface area (Å²) in [5, 5.41) is 3.27. The van der Waals surface area contributed by atoms with Crippen molar-refractivity contribution in [2.75, 3.05) is 45.1 Å². The molecule has 8 heteroatoms. The summed E-state index contributed by atoms with van der Waals surface area (Å²) in [7, 11) is -3.23. The summed E-state index contributed by atoms with van der Waals surface area (Å²) in [6.45, 7) is 8.23. The zero-order valence-electron chi connectivity index (χ0n) is 15.7. The van der Waals surface area contributed by atoms with Gasteiger partial charge in [-0.05, 0) is 45.4 Å². The third-order valence-corrected chi connectivity index (χ3v) is 6.24. The number of nitrogens with zero attached hydrogens (tertiary/aromatic N) is 2. The van der Waals surface area contributed by atoms with Crippen LogP contribution in [0.2, 0.25) is 0 Å². The summed E-state index contributed by atoms with van der Waals surface area (Å²) in [4.78, 5) is 6.73. The van der Waals surface area contributed by atoms with Crippen LogP contribution >= 0.6 is 0 Å². The van der Waals surface area contributed by atoms with Gasteiger partial charge in [0.1, 0.15) is 0 Å². The van der Waals surface area contributed by atoms with E-state index in [1.165, 1.54) is 6.42 Å². The summed E-state index contributed by atoms with van der Waals surface area (Å²) in [6, 6.07) is 0. The predicted molar refractivity (Wildman–Crippen MR) is 101 cm³/mol. The van der Waals surface area contributed by atoms with Crippen molar-refractivity contribution in [2.45, 2.75) is 52.1 Å². The Balaban J connectivity index is 1.78. The number of sulfonamides is 1. The number of rotatable bonds is 9. The standard InChI is InChI=1S/C17H34N4O3S/c1-3-18-17(21-11-8-16(9-12-21)24-4-2)19-10-13-25(22,23)20-14-15-6-5-7-15/h15-16,20H,3-14H2,1-2H3,(H,18,19). The first kappa shape index (κ1) is 20.5. The van der Waals surface area contributed by atoms with Gasteiger partial charge in [0, 0.05) is 32.8 Å².